The first-order chi connectivity index (χ1) is 4.27. The molecule has 1 nitrogen and oxygen atoms in total. The van der Waals surface area contributed by atoms with Crippen molar-refractivity contribution in [2.45, 2.75) is 23.3 Å². The molecule has 0 bridgehead atoms. The molecule has 0 atom stereocenters. The van der Waals surface area contributed by atoms with E-state index < -0.39 is 0 Å². The van der Waals surface area contributed by atoms with E-state index in [-0.39, 0.29) is 4.46 Å². The normalized spacial score (nSPS) is 9.56. The highest BCUT2D eigenvalue weighted by atomic mass is 35.5. The fourth-order valence-corrected chi connectivity index (χ4v) is 1.63. The second kappa shape index (κ2) is 6.41. The summed E-state index contributed by atoms with van der Waals surface area (Å²) in [4.78, 5) is 0. The number of hydrogen-bond donors (Lipinski definition) is 0. The Balaban J connectivity index is 2.85. The van der Waals surface area contributed by atoms with E-state index in [9.17, 15) is 0 Å². The van der Waals surface area contributed by atoms with Gasteiger partial charge in [0, 0.05) is 6.42 Å². The number of hydrogen-bond acceptors (Lipinski definition) is 1. The lowest BCUT2D eigenvalue weighted by Crippen LogP contribution is -1.99. The summed E-state index contributed by atoms with van der Waals surface area (Å²) in [5.41, 5.74) is 0. The van der Waals surface area contributed by atoms with Gasteiger partial charge in [0.1, 0.15) is 0 Å². The van der Waals surface area contributed by atoms with Gasteiger partial charge in [0.15, 0.2) is 0 Å². The molecular formula is C5H7Cl2NSi. The van der Waals surface area contributed by atoms with E-state index in [1.54, 1.807) is 0 Å². The van der Waals surface area contributed by atoms with Crippen LogP contribution in [0.4, 0.5) is 0 Å². The van der Waals surface area contributed by atoms with Crippen LogP contribution in [0.25, 0.3) is 0 Å². The largest absolute Gasteiger partial charge is 0.198 e. The third-order valence-corrected chi connectivity index (χ3v) is 2.64. The Morgan fingerprint density at radius 1 is 1.56 bits per heavy atom. The highest BCUT2D eigenvalue weighted by Crippen LogP contribution is 2.03. The van der Waals surface area contributed by atoms with Crippen LogP contribution >= 0.6 is 23.2 Å². The third-order valence-electron chi connectivity index (χ3n) is 0.764. The Labute approximate surface area is 67.8 Å². The fraction of sp³-hybridized carbons (Fsp3) is 0.800. The summed E-state index contributed by atoms with van der Waals surface area (Å²) in [7, 11) is 0.578. The van der Waals surface area contributed by atoms with Gasteiger partial charge in [-0.3, -0.25) is 0 Å². The molecule has 0 aromatic rings. The molecule has 0 aromatic carbocycles. The molecule has 2 radical (unpaired) electrons. The Hall–Kier alpha value is 0.287. The van der Waals surface area contributed by atoms with E-state index in [1.165, 1.54) is 0 Å². The van der Waals surface area contributed by atoms with Crippen LogP contribution in [0.5, 0.6) is 0 Å². The van der Waals surface area contributed by atoms with Gasteiger partial charge in [-0.2, -0.15) is 5.26 Å². The molecule has 4 heteroatoms. The molecule has 0 N–H and O–H groups in total. The van der Waals surface area contributed by atoms with E-state index in [0.717, 1.165) is 12.5 Å². The Kier molecular flexibility index (Phi) is 6.61. The molecule has 0 saturated heterocycles. The topological polar surface area (TPSA) is 23.8 Å². The fourth-order valence-electron chi connectivity index (χ4n) is 0.379. The quantitative estimate of drug-likeness (QED) is 0.369. The van der Waals surface area contributed by atoms with Gasteiger partial charge in [-0.05, 0) is 6.42 Å². The highest BCUT2D eigenvalue weighted by molar-refractivity contribution is 6.68. The van der Waals surface area contributed by atoms with Crippen LogP contribution in [0, 0.1) is 11.3 Å². The molecule has 0 rings (SSSR count). The van der Waals surface area contributed by atoms with Crippen molar-refractivity contribution < 1.29 is 0 Å². The third kappa shape index (κ3) is 8.29. The summed E-state index contributed by atoms with van der Waals surface area (Å²) < 4.78 is -0.233. The van der Waals surface area contributed by atoms with Crippen LogP contribution in [0.2, 0.25) is 6.04 Å². The molecule has 0 aromatic heterocycles. The lowest BCUT2D eigenvalue weighted by atomic mass is 10.4. The molecule has 0 amide bonds. The Morgan fingerprint density at radius 2 is 2.22 bits per heavy atom. The molecule has 0 heterocycles. The minimum atomic E-state index is -0.233. The first-order valence-electron chi connectivity index (χ1n) is 2.66. The zero-order valence-corrected chi connectivity index (χ0v) is 7.41. The first kappa shape index (κ1) is 9.29. The summed E-state index contributed by atoms with van der Waals surface area (Å²) >= 11 is 10.9. The number of alkyl halides is 2. The molecule has 0 aliphatic carbocycles. The predicted octanol–water partition coefficient (Wildman–Crippen LogP) is 2.17. The lowest BCUT2D eigenvalue weighted by molar-refractivity contribution is 0.959. The van der Waals surface area contributed by atoms with Crippen molar-refractivity contribution in [2.24, 2.45) is 0 Å². The van der Waals surface area contributed by atoms with Crippen molar-refractivity contribution in [2.75, 3.05) is 0 Å². The van der Waals surface area contributed by atoms with Crippen LogP contribution in [0.15, 0.2) is 0 Å². The first-order valence-corrected chi connectivity index (χ1v) is 4.81. The molecule has 50 valence electrons. The smallest absolute Gasteiger partial charge is 0.0929 e. The van der Waals surface area contributed by atoms with E-state index in [1.807, 2.05) is 0 Å². The van der Waals surface area contributed by atoms with Crippen molar-refractivity contribution in [3.8, 4) is 6.07 Å². The molecule has 0 aliphatic rings. The number of nitriles is 1. The standard InChI is InChI=1S/C5H7Cl2NSi/c6-5(7)9-4-2-1-3-8/h5H,1-2,4H2. The maximum absolute atomic E-state index is 8.12. The molecule has 0 unspecified atom stereocenters. The summed E-state index contributed by atoms with van der Waals surface area (Å²) in [5.74, 6) is 0. The second-order valence-electron chi connectivity index (χ2n) is 1.52. The predicted molar refractivity (Wildman–Crippen MR) is 40.9 cm³/mol. The van der Waals surface area contributed by atoms with E-state index in [4.69, 9.17) is 28.5 Å². The van der Waals surface area contributed by atoms with E-state index >= 15 is 0 Å². The van der Waals surface area contributed by atoms with E-state index in [0.29, 0.717) is 15.9 Å². The Morgan fingerprint density at radius 3 is 2.67 bits per heavy atom. The molecule has 0 saturated carbocycles. The average Bonchev–Trinajstić information content (AvgIpc) is 1.80. The SMILES string of the molecule is N#CCCC[Si]C(Cl)Cl. The van der Waals surface area contributed by atoms with Gasteiger partial charge < -0.3 is 0 Å². The summed E-state index contributed by atoms with van der Waals surface area (Å²) in [6, 6.07) is 3.04. The minimum absolute atomic E-state index is 0.233. The maximum Gasteiger partial charge on any atom is 0.0929 e. The van der Waals surface area contributed by atoms with Gasteiger partial charge in [-0.25, -0.2) is 0 Å². The summed E-state index contributed by atoms with van der Waals surface area (Å²) in [6.45, 7) is 0. The van der Waals surface area contributed by atoms with Crippen LogP contribution in [0.3, 0.4) is 0 Å². The van der Waals surface area contributed by atoms with Gasteiger partial charge in [-0.1, -0.05) is 6.04 Å². The molecule has 0 fully saturated rings. The summed E-state index contributed by atoms with van der Waals surface area (Å²) in [6.07, 6.45) is 1.54. The second-order valence-corrected chi connectivity index (χ2v) is 4.83. The molecule has 9 heavy (non-hydrogen) atoms. The average molecular weight is 180 g/mol. The number of rotatable bonds is 4. The van der Waals surface area contributed by atoms with Crippen LogP contribution in [-0.2, 0) is 0 Å². The number of unbranched alkanes of at least 4 members (excludes halogenated alkanes) is 1. The van der Waals surface area contributed by atoms with Crippen LogP contribution < -0.4 is 0 Å². The van der Waals surface area contributed by atoms with Gasteiger partial charge in [0.2, 0.25) is 0 Å². The number of nitrogens with zero attached hydrogens (tertiary/aromatic N) is 1. The van der Waals surface area contributed by atoms with Crippen molar-refractivity contribution >= 4 is 32.7 Å². The molecule has 0 aliphatic heterocycles. The van der Waals surface area contributed by atoms with Crippen LogP contribution in [-0.4, -0.2) is 14.0 Å². The Bertz CT molecular complexity index is 99.6. The molecule has 0 spiro atoms. The van der Waals surface area contributed by atoms with Gasteiger partial charge in [-0.15, -0.1) is 23.2 Å². The summed E-state index contributed by atoms with van der Waals surface area (Å²) in [5, 5.41) is 8.12. The van der Waals surface area contributed by atoms with Gasteiger partial charge in [0.05, 0.1) is 20.0 Å². The number of halogens is 2. The van der Waals surface area contributed by atoms with Crippen molar-refractivity contribution in [1.82, 2.24) is 0 Å². The van der Waals surface area contributed by atoms with E-state index in [2.05, 4.69) is 6.07 Å². The van der Waals surface area contributed by atoms with Crippen LogP contribution in [0.1, 0.15) is 12.8 Å². The minimum Gasteiger partial charge on any atom is -0.198 e. The zero-order valence-electron chi connectivity index (χ0n) is 4.90. The zero-order chi connectivity index (χ0) is 7.11. The van der Waals surface area contributed by atoms with Crippen molar-refractivity contribution in [3.05, 3.63) is 0 Å². The van der Waals surface area contributed by atoms with Gasteiger partial charge in [0.25, 0.3) is 0 Å². The molecular weight excluding hydrogens is 173 g/mol. The monoisotopic (exact) mass is 179 g/mol. The van der Waals surface area contributed by atoms with Gasteiger partial charge >= 0.3 is 0 Å². The van der Waals surface area contributed by atoms with Crippen molar-refractivity contribution in [1.29, 1.82) is 5.26 Å². The van der Waals surface area contributed by atoms with Crippen molar-refractivity contribution in [3.63, 3.8) is 0 Å². The maximum atomic E-state index is 8.12. The highest BCUT2D eigenvalue weighted by Gasteiger charge is 1.98. The lowest BCUT2D eigenvalue weighted by Gasteiger charge is -1.94.